The van der Waals surface area contributed by atoms with E-state index in [0.717, 1.165) is 16.8 Å². The molecule has 0 atom stereocenters. The molecule has 0 saturated heterocycles. The molecule has 0 spiro atoms. The van der Waals surface area contributed by atoms with E-state index in [4.69, 9.17) is 18.0 Å². The molecule has 1 amide bonds. The van der Waals surface area contributed by atoms with Crippen LogP contribution in [0.5, 0.6) is 0 Å². The number of carbonyl (C=O) groups excluding carboxylic acids is 1. The van der Waals surface area contributed by atoms with Crippen molar-refractivity contribution in [3.05, 3.63) is 76.2 Å². The summed E-state index contributed by atoms with van der Waals surface area (Å²) in [6, 6.07) is 19.6. The summed E-state index contributed by atoms with van der Waals surface area (Å²) in [5, 5.41) is 24.1. The number of aryl methyl sites for hydroxylation is 2. The normalized spacial score (nSPS) is 10.7. The fourth-order valence-corrected chi connectivity index (χ4v) is 4.08. The molecular formula is C25H26N8OS. The van der Waals surface area contributed by atoms with Crippen molar-refractivity contribution in [3.63, 3.8) is 0 Å². The molecule has 0 unspecified atom stereocenters. The van der Waals surface area contributed by atoms with Crippen molar-refractivity contribution < 1.29 is 4.79 Å². The van der Waals surface area contributed by atoms with Gasteiger partial charge in [-0.25, -0.2) is 4.68 Å². The standard InChI is InChI=1S/C25H26N8OS/c1-17-7-5-8-18(15-17)24-29-30-25(35)32(24)14-12-22(34)28-13-6-11-21-20(16-26)23(27)33(31-21)19-9-3-2-4-10-19/h2-5,7-10,15H,6,11-14,27H2,1H3,(H,28,34)(H,30,35). The van der Waals surface area contributed by atoms with Crippen LogP contribution >= 0.6 is 12.2 Å². The molecule has 0 aliphatic carbocycles. The Morgan fingerprint density at radius 2 is 2.03 bits per heavy atom. The Kier molecular flexibility index (Phi) is 7.38. The molecule has 4 rings (SSSR count). The van der Waals surface area contributed by atoms with Crippen LogP contribution in [0.25, 0.3) is 17.1 Å². The summed E-state index contributed by atoms with van der Waals surface area (Å²) in [6.07, 6.45) is 1.43. The van der Waals surface area contributed by atoms with E-state index >= 15 is 0 Å². The van der Waals surface area contributed by atoms with Gasteiger partial charge in [0.25, 0.3) is 0 Å². The minimum Gasteiger partial charge on any atom is -0.382 e. The predicted octanol–water partition coefficient (Wildman–Crippen LogP) is 3.69. The van der Waals surface area contributed by atoms with Crippen LogP contribution in [-0.2, 0) is 17.8 Å². The first-order valence-corrected chi connectivity index (χ1v) is 11.7. The van der Waals surface area contributed by atoms with Gasteiger partial charge in [-0.3, -0.25) is 14.5 Å². The highest BCUT2D eigenvalue weighted by molar-refractivity contribution is 7.71. The van der Waals surface area contributed by atoms with Gasteiger partial charge in [0.1, 0.15) is 17.5 Å². The van der Waals surface area contributed by atoms with E-state index in [9.17, 15) is 10.1 Å². The van der Waals surface area contributed by atoms with Gasteiger partial charge in [0.05, 0.1) is 11.4 Å². The zero-order valence-electron chi connectivity index (χ0n) is 19.4. The van der Waals surface area contributed by atoms with Gasteiger partial charge in [0.2, 0.25) is 5.91 Å². The van der Waals surface area contributed by atoms with E-state index in [0.29, 0.717) is 53.6 Å². The zero-order valence-corrected chi connectivity index (χ0v) is 20.2. The largest absolute Gasteiger partial charge is 0.382 e. The summed E-state index contributed by atoms with van der Waals surface area (Å²) in [6.45, 7) is 2.90. The lowest BCUT2D eigenvalue weighted by Gasteiger charge is -2.08. The maximum absolute atomic E-state index is 12.4. The number of hydrogen-bond donors (Lipinski definition) is 3. The third-order valence-corrected chi connectivity index (χ3v) is 5.93. The van der Waals surface area contributed by atoms with Crippen LogP contribution in [0.4, 0.5) is 5.82 Å². The van der Waals surface area contributed by atoms with Crippen LogP contribution in [-0.4, -0.2) is 37.0 Å². The predicted molar refractivity (Wildman–Crippen MR) is 136 cm³/mol. The Bertz CT molecular complexity index is 1430. The first-order valence-electron chi connectivity index (χ1n) is 11.3. The molecule has 10 heteroatoms. The van der Waals surface area contributed by atoms with E-state index in [1.165, 1.54) is 0 Å². The van der Waals surface area contributed by atoms with Crippen molar-refractivity contribution in [1.29, 1.82) is 5.26 Å². The van der Waals surface area contributed by atoms with Gasteiger partial charge in [-0.15, -0.1) is 0 Å². The summed E-state index contributed by atoms with van der Waals surface area (Å²) in [5.41, 5.74) is 10.0. The number of benzene rings is 2. The fraction of sp³-hybridized carbons (Fsp3) is 0.240. The summed E-state index contributed by atoms with van der Waals surface area (Å²) in [4.78, 5) is 12.4. The van der Waals surface area contributed by atoms with E-state index in [1.807, 2.05) is 66.1 Å². The SMILES string of the molecule is Cc1cccc(-c2n[nH]c(=S)n2CCC(=O)NCCCc2nn(-c3ccccc3)c(N)c2C#N)c1. The van der Waals surface area contributed by atoms with Gasteiger partial charge < -0.3 is 11.1 Å². The summed E-state index contributed by atoms with van der Waals surface area (Å²) in [7, 11) is 0. The molecule has 0 fully saturated rings. The fourth-order valence-electron chi connectivity index (χ4n) is 3.86. The monoisotopic (exact) mass is 486 g/mol. The number of para-hydroxylation sites is 1. The lowest BCUT2D eigenvalue weighted by molar-refractivity contribution is -0.121. The maximum atomic E-state index is 12.4. The van der Waals surface area contributed by atoms with E-state index < -0.39 is 0 Å². The lowest BCUT2D eigenvalue weighted by atomic mass is 10.1. The van der Waals surface area contributed by atoms with Gasteiger partial charge in [-0.05, 0) is 50.2 Å². The van der Waals surface area contributed by atoms with Gasteiger partial charge in [-0.2, -0.15) is 15.5 Å². The number of carbonyl (C=O) groups is 1. The van der Waals surface area contributed by atoms with Gasteiger partial charge in [0, 0.05) is 25.1 Å². The van der Waals surface area contributed by atoms with Crippen LogP contribution < -0.4 is 11.1 Å². The van der Waals surface area contributed by atoms with Crippen molar-refractivity contribution in [2.45, 2.75) is 32.7 Å². The number of H-pyrrole nitrogens is 1. The number of nitrogen functional groups attached to an aromatic ring is 1. The van der Waals surface area contributed by atoms with E-state index in [2.05, 4.69) is 26.7 Å². The number of nitrogens with zero attached hydrogens (tertiary/aromatic N) is 5. The molecule has 4 aromatic rings. The molecule has 0 bridgehead atoms. The number of anilines is 1. The summed E-state index contributed by atoms with van der Waals surface area (Å²) >= 11 is 5.36. The molecule has 0 radical (unpaired) electrons. The minimum atomic E-state index is -0.0851. The molecule has 0 saturated carbocycles. The van der Waals surface area contributed by atoms with Gasteiger partial charge in [-0.1, -0.05) is 42.0 Å². The highest BCUT2D eigenvalue weighted by Crippen LogP contribution is 2.21. The van der Waals surface area contributed by atoms with Crippen LogP contribution in [0.15, 0.2) is 54.6 Å². The highest BCUT2D eigenvalue weighted by atomic mass is 32.1. The summed E-state index contributed by atoms with van der Waals surface area (Å²) in [5.74, 6) is 0.944. The van der Waals surface area contributed by atoms with Crippen molar-refractivity contribution >= 4 is 23.9 Å². The molecule has 0 aliphatic rings. The van der Waals surface area contributed by atoms with Crippen molar-refractivity contribution in [2.24, 2.45) is 0 Å². The first-order chi connectivity index (χ1) is 17.0. The molecule has 35 heavy (non-hydrogen) atoms. The Hall–Kier alpha value is -4.23. The number of amides is 1. The highest BCUT2D eigenvalue weighted by Gasteiger charge is 2.16. The molecule has 2 heterocycles. The smallest absolute Gasteiger partial charge is 0.221 e. The van der Waals surface area contributed by atoms with Crippen molar-refractivity contribution in [3.8, 4) is 23.1 Å². The first kappa shape index (κ1) is 23.9. The minimum absolute atomic E-state index is 0.0851. The number of hydrogen-bond acceptors (Lipinski definition) is 6. The second-order valence-electron chi connectivity index (χ2n) is 8.14. The molecule has 9 nitrogen and oxygen atoms in total. The molecule has 2 aromatic carbocycles. The molecule has 2 aromatic heterocycles. The Morgan fingerprint density at radius 3 is 2.77 bits per heavy atom. The lowest BCUT2D eigenvalue weighted by Crippen LogP contribution is -2.26. The van der Waals surface area contributed by atoms with Gasteiger partial charge >= 0.3 is 0 Å². The third-order valence-electron chi connectivity index (χ3n) is 5.62. The van der Waals surface area contributed by atoms with Crippen molar-refractivity contribution in [1.82, 2.24) is 29.9 Å². The third kappa shape index (κ3) is 5.47. The molecular weight excluding hydrogens is 460 g/mol. The van der Waals surface area contributed by atoms with Crippen LogP contribution in [0, 0.1) is 23.0 Å². The number of nitriles is 1. The number of rotatable bonds is 9. The number of aromatic nitrogens is 5. The molecule has 4 N–H and O–H groups in total. The van der Waals surface area contributed by atoms with Gasteiger partial charge in [0.15, 0.2) is 10.6 Å². The molecule has 178 valence electrons. The average Bonchev–Trinajstić information content (AvgIpc) is 3.39. The molecule has 0 aliphatic heterocycles. The summed E-state index contributed by atoms with van der Waals surface area (Å²) < 4.78 is 3.89. The maximum Gasteiger partial charge on any atom is 0.221 e. The quantitative estimate of drug-likeness (QED) is 0.244. The number of nitrogens with two attached hydrogens (primary N) is 1. The topological polar surface area (TPSA) is 130 Å². The van der Waals surface area contributed by atoms with E-state index in [-0.39, 0.29) is 12.3 Å². The van der Waals surface area contributed by atoms with Crippen LogP contribution in [0.3, 0.4) is 0 Å². The Balaban J connectivity index is 1.31. The van der Waals surface area contributed by atoms with E-state index in [1.54, 1.807) is 4.68 Å². The second kappa shape index (κ2) is 10.8. The van der Waals surface area contributed by atoms with Crippen LogP contribution in [0.1, 0.15) is 29.7 Å². The average molecular weight is 487 g/mol. The zero-order chi connectivity index (χ0) is 24.8. The van der Waals surface area contributed by atoms with Crippen LogP contribution in [0.2, 0.25) is 0 Å². The Labute approximate surface area is 208 Å². The Morgan fingerprint density at radius 1 is 1.23 bits per heavy atom. The number of aromatic amines is 1. The number of nitrogens with one attached hydrogen (secondary N) is 2. The second-order valence-corrected chi connectivity index (χ2v) is 8.53. The van der Waals surface area contributed by atoms with Crippen molar-refractivity contribution in [2.75, 3.05) is 12.3 Å².